The van der Waals surface area contributed by atoms with Crippen LogP contribution in [0.15, 0.2) is 40.9 Å². The number of carbonyl (C=O) groups excluding carboxylic acids is 1. The molecule has 0 bridgehead atoms. The molecule has 1 aromatic carbocycles. The summed E-state index contributed by atoms with van der Waals surface area (Å²) < 4.78 is 9.82. The molecule has 21 heavy (non-hydrogen) atoms. The molecule has 0 atom stereocenters. The predicted molar refractivity (Wildman–Crippen MR) is 77.5 cm³/mol. The minimum Gasteiger partial charge on any atom is -0.479 e. The predicted octanol–water partition coefficient (Wildman–Crippen LogP) is 2.79. The number of methoxy groups -OCH3 is 1. The first-order chi connectivity index (χ1) is 10.2. The van der Waals surface area contributed by atoms with Crippen LogP contribution in [0, 0.1) is 6.92 Å². The van der Waals surface area contributed by atoms with E-state index < -0.39 is 0 Å². The Morgan fingerprint density at radius 2 is 2.10 bits per heavy atom. The molecule has 0 aliphatic rings. The molecule has 0 aliphatic heterocycles. The Labute approximate surface area is 120 Å². The van der Waals surface area contributed by atoms with Crippen molar-refractivity contribution in [3.8, 4) is 5.88 Å². The van der Waals surface area contributed by atoms with Gasteiger partial charge in [0.2, 0.25) is 5.76 Å². The third-order valence-corrected chi connectivity index (χ3v) is 3.01. The van der Waals surface area contributed by atoms with Gasteiger partial charge in [0.25, 0.3) is 11.8 Å². The average Bonchev–Trinajstić information content (AvgIpc) is 2.96. The summed E-state index contributed by atoms with van der Waals surface area (Å²) in [5.74, 6) is -0.0390. The Morgan fingerprint density at radius 3 is 2.86 bits per heavy atom. The molecule has 0 radical (unpaired) electrons. The molecule has 1 amide bonds. The summed E-state index contributed by atoms with van der Waals surface area (Å²) in [6, 6.07) is 10.8. The topological polar surface area (TPSA) is 77.2 Å². The van der Waals surface area contributed by atoms with Gasteiger partial charge in [-0.3, -0.25) is 9.78 Å². The summed E-state index contributed by atoms with van der Waals surface area (Å²) in [6.45, 7) is 1.87. The second-order valence-electron chi connectivity index (χ2n) is 4.52. The van der Waals surface area contributed by atoms with Crippen molar-refractivity contribution in [2.24, 2.45) is 0 Å². The second kappa shape index (κ2) is 5.24. The molecule has 0 fully saturated rings. The number of aromatic nitrogens is 2. The summed E-state index contributed by atoms with van der Waals surface area (Å²) >= 11 is 0. The van der Waals surface area contributed by atoms with E-state index in [-0.39, 0.29) is 17.5 Å². The van der Waals surface area contributed by atoms with Crippen LogP contribution in [-0.2, 0) is 0 Å². The number of nitrogens with one attached hydrogen (secondary N) is 1. The highest BCUT2D eigenvalue weighted by atomic mass is 16.5. The minimum atomic E-state index is -0.387. The molecule has 3 aromatic rings. The number of pyridine rings is 1. The fourth-order valence-corrected chi connectivity index (χ4v) is 2.06. The molecule has 0 spiro atoms. The van der Waals surface area contributed by atoms with Crippen LogP contribution in [0.1, 0.15) is 16.2 Å². The first-order valence-corrected chi connectivity index (χ1v) is 6.36. The van der Waals surface area contributed by atoms with Crippen LogP contribution in [0.25, 0.3) is 10.9 Å². The first kappa shape index (κ1) is 13.1. The third-order valence-electron chi connectivity index (χ3n) is 3.01. The van der Waals surface area contributed by atoms with E-state index in [9.17, 15) is 4.79 Å². The Hall–Kier alpha value is -2.89. The molecule has 0 aliphatic carbocycles. The van der Waals surface area contributed by atoms with Crippen LogP contribution in [0.2, 0.25) is 0 Å². The van der Waals surface area contributed by atoms with Gasteiger partial charge in [-0.1, -0.05) is 18.2 Å². The maximum Gasteiger partial charge on any atom is 0.294 e. The van der Waals surface area contributed by atoms with Crippen LogP contribution >= 0.6 is 0 Å². The number of amides is 1. The normalized spacial score (nSPS) is 10.6. The molecule has 6 heteroatoms. The SMILES string of the molecule is COc1cc(C(=O)Nc2cc(C)nc3ccccc23)on1. The zero-order chi connectivity index (χ0) is 14.8. The molecule has 2 heterocycles. The molecular formula is C15H13N3O3. The van der Waals surface area contributed by atoms with Crippen molar-refractivity contribution in [1.82, 2.24) is 10.1 Å². The number of aryl methyl sites for hydroxylation is 1. The van der Waals surface area contributed by atoms with E-state index in [1.54, 1.807) is 0 Å². The minimum absolute atomic E-state index is 0.0883. The molecule has 0 saturated heterocycles. The number of nitrogens with zero attached hydrogens (tertiary/aromatic N) is 2. The molecule has 6 nitrogen and oxygen atoms in total. The number of anilines is 1. The summed E-state index contributed by atoms with van der Waals surface area (Å²) in [7, 11) is 1.46. The highest BCUT2D eigenvalue weighted by molar-refractivity contribution is 6.07. The smallest absolute Gasteiger partial charge is 0.294 e. The summed E-state index contributed by atoms with van der Waals surface area (Å²) in [6.07, 6.45) is 0. The van der Waals surface area contributed by atoms with Crippen molar-refractivity contribution in [3.05, 3.63) is 47.9 Å². The monoisotopic (exact) mass is 283 g/mol. The number of hydrogen-bond acceptors (Lipinski definition) is 5. The van der Waals surface area contributed by atoms with E-state index in [0.29, 0.717) is 5.69 Å². The van der Waals surface area contributed by atoms with Gasteiger partial charge in [0.15, 0.2) is 0 Å². The summed E-state index contributed by atoms with van der Waals surface area (Å²) in [5, 5.41) is 7.28. The quantitative estimate of drug-likeness (QED) is 0.799. The number of rotatable bonds is 3. The van der Waals surface area contributed by atoms with Gasteiger partial charge in [0, 0.05) is 11.1 Å². The van der Waals surface area contributed by atoms with Gasteiger partial charge in [-0.15, -0.1) is 0 Å². The van der Waals surface area contributed by atoms with Crippen LogP contribution in [0.4, 0.5) is 5.69 Å². The lowest BCUT2D eigenvalue weighted by molar-refractivity contribution is 0.0987. The van der Waals surface area contributed by atoms with Gasteiger partial charge >= 0.3 is 0 Å². The molecule has 106 valence electrons. The average molecular weight is 283 g/mol. The molecule has 0 saturated carbocycles. The van der Waals surface area contributed by atoms with E-state index in [2.05, 4.69) is 15.5 Å². The molecular weight excluding hydrogens is 270 g/mol. The standard InChI is InChI=1S/C15H13N3O3/c1-9-7-12(10-5-3-4-6-11(10)16-9)17-15(19)13-8-14(20-2)18-21-13/h3-8H,1-2H3,(H,16,17,19). The number of para-hydroxylation sites is 1. The fraction of sp³-hybridized carbons (Fsp3) is 0.133. The molecule has 0 unspecified atom stereocenters. The Morgan fingerprint density at radius 1 is 1.29 bits per heavy atom. The van der Waals surface area contributed by atoms with Crippen molar-refractivity contribution in [3.63, 3.8) is 0 Å². The van der Waals surface area contributed by atoms with Crippen LogP contribution in [0.3, 0.4) is 0 Å². The largest absolute Gasteiger partial charge is 0.479 e. The van der Waals surface area contributed by atoms with E-state index in [1.807, 2.05) is 37.3 Å². The fourth-order valence-electron chi connectivity index (χ4n) is 2.06. The van der Waals surface area contributed by atoms with Crippen molar-refractivity contribution in [2.75, 3.05) is 12.4 Å². The number of carbonyl (C=O) groups is 1. The van der Waals surface area contributed by atoms with Crippen molar-refractivity contribution in [1.29, 1.82) is 0 Å². The lowest BCUT2D eigenvalue weighted by Crippen LogP contribution is -2.11. The van der Waals surface area contributed by atoms with Gasteiger partial charge in [0.05, 0.1) is 24.4 Å². The zero-order valence-electron chi connectivity index (χ0n) is 11.6. The third kappa shape index (κ3) is 2.55. The van der Waals surface area contributed by atoms with Crippen LogP contribution in [-0.4, -0.2) is 23.2 Å². The Bertz CT molecular complexity index is 811. The number of hydrogen-bond donors (Lipinski definition) is 1. The maximum absolute atomic E-state index is 12.2. The number of benzene rings is 1. The highest BCUT2D eigenvalue weighted by Crippen LogP contribution is 2.23. The molecule has 3 rings (SSSR count). The Balaban J connectivity index is 1.95. The maximum atomic E-state index is 12.2. The van der Waals surface area contributed by atoms with Gasteiger partial charge in [-0.2, -0.15) is 0 Å². The van der Waals surface area contributed by atoms with E-state index in [0.717, 1.165) is 16.6 Å². The summed E-state index contributed by atoms with van der Waals surface area (Å²) in [5.41, 5.74) is 2.32. The zero-order valence-corrected chi connectivity index (χ0v) is 11.6. The van der Waals surface area contributed by atoms with Crippen molar-refractivity contribution < 1.29 is 14.1 Å². The van der Waals surface area contributed by atoms with E-state index in [1.165, 1.54) is 13.2 Å². The van der Waals surface area contributed by atoms with Crippen LogP contribution in [0.5, 0.6) is 5.88 Å². The van der Waals surface area contributed by atoms with Gasteiger partial charge in [0.1, 0.15) is 0 Å². The van der Waals surface area contributed by atoms with Gasteiger partial charge in [-0.05, 0) is 24.2 Å². The van der Waals surface area contributed by atoms with Gasteiger partial charge in [-0.25, -0.2) is 0 Å². The second-order valence-corrected chi connectivity index (χ2v) is 4.52. The van der Waals surface area contributed by atoms with Crippen molar-refractivity contribution >= 4 is 22.5 Å². The van der Waals surface area contributed by atoms with E-state index in [4.69, 9.17) is 9.26 Å². The van der Waals surface area contributed by atoms with Gasteiger partial charge < -0.3 is 14.6 Å². The number of fused-ring (bicyclic) bond motifs is 1. The number of ether oxygens (including phenoxy) is 1. The molecule has 2 aromatic heterocycles. The van der Waals surface area contributed by atoms with Crippen molar-refractivity contribution in [2.45, 2.75) is 6.92 Å². The Kier molecular flexibility index (Phi) is 3.27. The lowest BCUT2D eigenvalue weighted by Gasteiger charge is -2.08. The lowest BCUT2D eigenvalue weighted by atomic mass is 10.1. The van der Waals surface area contributed by atoms with Crippen LogP contribution < -0.4 is 10.1 Å². The first-order valence-electron chi connectivity index (χ1n) is 6.36. The summed E-state index contributed by atoms with van der Waals surface area (Å²) in [4.78, 5) is 16.6. The molecule has 1 N–H and O–H groups in total. The highest BCUT2D eigenvalue weighted by Gasteiger charge is 2.15. The van der Waals surface area contributed by atoms with E-state index >= 15 is 0 Å².